The first-order valence-corrected chi connectivity index (χ1v) is 9.35. The molecule has 5 nitrogen and oxygen atoms in total. The lowest BCUT2D eigenvalue weighted by atomic mass is 9.93. The summed E-state index contributed by atoms with van der Waals surface area (Å²) in [4.78, 5) is 8.40. The van der Waals surface area contributed by atoms with Crippen molar-refractivity contribution in [3.63, 3.8) is 0 Å². The Bertz CT molecular complexity index is 1010. The molecule has 0 fully saturated rings. The smallest absolute Gasteiger partial charge is 0.419 e. The second-order valence-corrected chi connectivity index (χ2v) is 8.20. The summed E-state index contributed by atoms with van der Waals surface area (Å²) < 4.78 is 48.5. The normalized spacial score (nSPS) is 13.7. The highest BCUT2D eigenvalue weighted by Gasteiger charge is 2.35. The third kappa shape index (κ3) is 4.87. The Labute approximate surface area is 167 Å². The van der Waals surface area contributed by atoms with Crippen LogP contribution in [-0.2, 0) is 13.2 Å². The van der Waals surface area contributed by atoms with Crippen molar-refractivity contribution in [3.05, 3.63) is 42.4 Å². The molecule has 2 N–H and O–H groups in total. The summed E-state index contributed by atoms with van der Waals surface area (Å²) in [5.41, 5.74) is 6.22. The van der Waals surface area contributed by atoms with Gasteiger partial charge in [0, 0.05) is 29.7 Å². The van der Waals surface area contributed by atoms with Gasteiger partial charge >= 0.3 is 6.18 Å². The molecular formula is C21H25F3N4O. The molecule has 0 aliphatic rings. The van der Waals surface area contributed by atoms with Crippen molar-refractivity contribution in [2.75, 3.05) is 6.61 Å². The number of fused-ring (bicyclic) bond motifs is 1. The minimum atomic E-state index is -4.55. The molecule has 2 aromatic heterocycles. The van der Waals surface area contributed by atoms with Gasteiger partial charge in [0.1, 0.15) is 17.7 Å². The molecule has 0 spiro atoms. The molecule has 156 valence electrons. The highest BCUT2D eigenvalue weighted by molar-refractivity contribution is 5.91. The van der Waals surface area contributed by atoms with E-state index in [4.69, 9.17) is 10.5 Å². The summed E-state index contributed by atoms with van der Waals surface area (Å²) in [7, 11) is 1.82. The Kier molecular flexibility index (Phi) is 5.58. The van der Waals surface area contributed by atoms with Gasteiger partial charge in [-0.3, -0.25) is 0 Å². The third-order valence-corrected chi connectivity index (χ3v) is 4.62. The van der Waals surface area contributed by atoms with Gasteiger partial charge in [-0.15, -0.1) is 0 Å². The lowest BCUT2D eigenvalue weighted by Gasteiger charge is -2.24. The zero-order valence-corrected chi connectivity index (χ0v) is 16.9. The van der Waals surface area contributed by atoms with E-state index in [1.807, 2.05) is 27.8 Å². The zero-order valence-electron chi connectivity index (χ0n) is 16.9. The Morgan fingerprint density at radius 1 is 1.17 bits per heavy atom. The molecule has 0 radical (unpaired) electrons. The van der Waals surface area contributed by atoms with E-state index >= 15 is 0 Å². The second kappa shape index (κ2) is 7.67. The van der Waals surface area contributed by atoms with E-state index in [-0.39, 0.29) is 18.3 Å². The fourth-order valence-electron chi connectivity index (χ4n) is 3.52. The van der Waals surface area contributed by atoms with Crippen molar-refractivity contribution in [3.8, 4) is 17.0 Å². The molecule has 0 aliphatic heterocycles. The molecule has 29 heavy (non-hydrogen) atoms. The predicted octanol–water partition coefficient (Wildman–Crippen LogP) is 4.80. The Morgan fingerprint density at radius 2 is 1.90 bits per heavy atom. The molecular weight excluding hydrogens is 381 g/mol. The van der Waals surface area contributed by atoms with Gasteiger partial charge in [-0.2, -0.15) is 13.2 Å². The highest BCUT2D eigenvalue weighted by Crippen LogP contribution is 2.39. The van der Waals surface area contributed by atoms with Gasteiger partial charge in [0.25, 0.3) is 0 Å². The van der Waals surface area contributed by atoms with Crippen LogP contribution in [0.25, 0.3) is 22.3 Å². The largest absolute Gasteiger partial charge is 0.493 e. The first-order chi connectivity index (χ1) is 13.5. The minimum Gasteiger partial charge on any atom is -0.493 e. The number of aromatic nitrogens is 3. The molecule has 0 saturated carbocycles. The maximum absolute atomic E-state index is 13.7. The van der Waals surface area contributed by atoms with E-state index in [1.54, 1.807) is 22.9 Å². The molecule has 0 saturated heterocycles. The van der Waals surface area contributed by atoms with Crippen LogP contribution in [0.3, 0.4) is 0 Å². The molecule has 3 aromatic rings. The van der Waals surface area contributed by atoms with Gasteiger partial charge in [-0.25, -0.2) is 9.97 Å². The Morgan fingerprint density at radius 3 is 2.55 bits per heavy atom. The number of aryl methyl sites for hydroxylation is 1. The van der Waals surface area contributed by atoms with Crippen molar-refractivity contribution in [2.45, 2.75) is 38.9 Å². The number of hydrogen-bond donors (Lipinski definition) is 1. The van der Waals surface area contributed by atoms with Gasteiger partial charge in [0.15, 0.2) is 0 Å². The average Bonchev–Trinajstić information content (AvgIpc) is 2.99. The fourth-order valence-corrected chi connectivity index (χ4v) is 3.52. The Hall–Kier alpha value is -2.61. The topological polar surface area (TPSA) is 66.0 Å². The third-order valence-electron chi connectivity index (χ3n) is 4.62. The number of ether oxygens (including phenoxy) is 1. The van der Waals surface area contributed by atoms with Crippen LogP contribution in [0.1, 0.15) is 32.8 Å². The average molecular weight is 406 g/mol. The minimum absolute atomic E-state index is 0.0153. The maximum atomic E-state index is 13.7. The number of halogens is 3. The summed E-state index contributed by atoms with van der Waals surface area (Å²) >= 11 is 0. The number of alkyl halides is 3. The van der Waals surface area contributed by atoms with Gasteiger partial charge in [0.2, 0.25) is 0 Å². The van der Waals surface area contributed by atoms with Gasteiger partial charge < -0.3 is 15.0 Å². The summed E-state index contributed by atoms with van der Waals surface area (Å²) in [6.45, 7) is 5.82. The lowest BCUT2D eigenvalue weighted by Crippen LogP contribution is -2.35. The van der Waals surface area contributed by atoms with Crippen LogP contribution in [0.2, 0.25) is 0 Å². The first kappa shape index (κ1) is 21.1. The van der Waals surface area contributed by atoms with Crippen LogP contribution in [-0.4, -0.2) is 26.7 Å². The molecule has 1 aromatic carbocycles. The van der Waals surface area contributed by atoms with Crippen molar-refractivity contribution in [1.82, 2.24) is 14.5 Å². The van der Waals surface area contributed by atoms with E-state index in [0.29, 0.717) is 28.7 Å². The monoisotopic (exact) mass is 406 g/mol. The van der Waals surface area contributed by atoms with Gasteiger partial charge in [-0.1, -0.05) is 6.92 Å². The molecule has 2 heterocycles. The summed E-state index contributed by atoms with van der Waals surface area (Å²) in [6.07, 6.45) is -0.763. The standard InChI is InChI=1S/C21H25F3N4O/c1-13(10-20(2,3)25)11-29-17-6-5-14(9-16(17)21(22,23)24)18-15-7-8-28(4)19(15)27-12-26-18/h5-9,12-13H,10-11,25H2,1-4H3/t13-/m0/s1. The number of benzene rings is 1. The number of rotatable bonds is 6. The lowest BCUT2D eigenvalue weighted by molar-refractivity contribution is -0.139. The fraction of sp³-hybridized carbons (Fsp3) is 0.429. The highest BCUT2D eigenvalue weighted by atomic mass is 19.4. The van der Waals surface area contributed by atoms with Crippen LogP contribution < -0.4 is 10.5 Å². The summed E-state index contributed by atoms with van der Waals surface area (Å²) in [5, 5.41) is 0.690. The number of hydrogen-bond acceptors (Lipinski definition) is 4. The van der Waals surface area contributed by atoms with E-state index in [1.165, 1.54) is 12.4 Å². The van der Waals surface area contributed by atoms with E-state index in [9.17, 15) is 13.2 Å². The molecule has 8 heteroatoms. The van der Waals surface area contributed by atoms with E-state index in [0.717, 1.165) is 6.07 Å². The number of nitrogens with two attached hydrogens (primary N) is 1. The molecule has 0 bridgehead atoms. The van der Waals surface area contributed by atoms with Crippen molar-refractivity contribution >= 4 is 11.0 Å². The second-order valence-electron chi connectivity index (χ2n) is 8.20. The van der Waals surface area contributed by atoms with Crippen LogP contribution in [0.4, 0.5) is 13.2 Å². The number of nitrogens with zero attached hydrogens (tertiary/aromatic N) is 3. The summed E-state index contributed by atoms with van der Waals surface area (Å²) in [6, 6.07) is 5.83. The van der Waals surface area contributed by atoms with Crippen LogP contribution >= 0.6 is 0 Å². The molecule has 3 rings (SSSR count). The SMILES string of the molecule is C[C@H](COc1ccc(-c2ncnc3c2ccn3C)cc1C(F)(F)F)CC(C)(C)N. The predicted molar refractivity (Wildman–Crippen MR) is 106 cm³/mol. The first-order valence-electron chi connectivity index (χ1n) is 9.35. The van der Waals surface area contributed by atoms with Crippen molar-refractivity contribution in [1.29, 1.82) is 0 Å². The van der Waals surface area contributed by atoms with E-state index < -0.39 is 17.3 Å². The molecule has 1 atom stereocenters. The zero-order chi connectivity index (χ0) is 21.4. The molecule has 0 aliphatic carbocycles. The van der Waals surface area contributed by atoms with Gasteiger partial charge in [0.05, 0.1) is 17.9 Å². The molecule has 0 amide bonds. The Balaban J connectivity index is 1.94. The van der Waals surface area contributed by atoms with E-state index in [2.05, 4.69) is 9.97 Å². The van der Waals surface area contributed by atoms with Crippen molar-refractivity contribution < 1.29 is 17.9 Å². The van der Waals surface area contributed by atoms with Crippen LogP contribution in [0.15, 0.2) is 36.8 Å². The van der Waals surface area contributed by atoms with Crippen LogP contribution in [0, 0.1) is 5.92 Å². The van der Waals surface area contributed by atoms with Gasteiger partial charge in [-0.05, 0) is 50.5 Å². The quantitative estimate of drug-likeness (QED) is 0.639. The summed E-state index contributed by atoms with van der Waals surface area (Å²) in [5.74, 6) is -0.178. The maximum Gasteiger partial charge on any atom is 0.419 e. The van der Waals surface area contributed by atoms with Crippen LogP contribution in [0.5, 0.6) is 5.75 Å². The molecule has 0 unspecified atom stereocenters. The van der Waals surface area contributed by atoms with Crippen molar-refractivity contribution in [2.24, 2.45) is 18.7 Å².